The van der Waals surface area contributed by atoms with E-state index >= 15 is 0 Å². The molecule has 0 atom stereocenters. The summed E-state index contributed by atoms with van der Waals surface area (Å²) in [5.41, 5.74) is 0.839. The van der Waals surface area contributed by atoms with E-state index in [1.165, 1.54) is 16.7 Å². The van der Waals surface area contributed by atoms with Crippen molar-refractivity contribution in [1.82, 2.24) is 4.90 Å². The largest absolute Gasteiger partial charge is 0.493 e. The summed E-state index contributed by atoms with van der Waals surface area (Å²) in [4.78, 5) is 14.7. The van der Waals surface area contributed by atoms with Crippen molar-refractivity contribution in [1.29, 1.82) is 0 Å². The Morgan fingerprint density at radius 1 is 1.25 bits per heavy atom. The van der Waals surface area contributed by atoms with E-state index in [0.717, 1.165) is 5.56 Å². The molecule has 1 fully saturated rings. The third-order valence-electron chi connectivity index (χ3n) is 3.47. The molecule has 3 rings (SSSR count). The molecule has 2 aromatic rings. The van der Waals surface area contributed by atoms with Gasteiger partial charge in [0, 0.05) is 0 Å². The first kappa shape index (κ1) is 16.6. The molecule has 1 saturated heterocycles. The molecule has 0 unspecified atom stereocenters. The lowest BCUT2D eigenvalue weighted by molar-refractivity contribution is -0.122. The number of thiocarbonyl (C=S) groups is 1. The average Bonchev–Trinajstić information content (AvgIpc) is 3.19. The van der Waals surface area contributed by atoms with E-state index in [9.17, 15) is 4.79 Å². The van der Waals surface area contributed by atoms with Gasteiger partial charge in [-0.15, -0.1) is 0 Å². The molecular weight excluding hydrogens is 346 g/mol. The second-order valence-corrected chi connectivity index (χ2v) is 6.64. The van der Waals surface area contributed by atoms with Gasteiger partial charge < -0.3 is 13.9 Å². The minimum Gasteiger partial charge on any atom is -0.493 e. The summed E-state index contributed by atoms with van der Waals surface area (Å²) in [5.74, 6) is 1.81. The van der Waals surface area contributed by atoms with Crippen LogP contribution in [0.3, 0.4) is 0 Å². The third-order valence-corrected chi connectivity index (χ3v) is 4.85. The molecule has 0 radical (unpaired) electrons. The van der Waals surface area contributed by atoms with Gasteiger partial charge in [-0.05, 0) is 35.9 Å². The van der Waals surface area contributed by atoms with Gasteiger partial charge in [0.05, 0.1) is 31.9 Å². The van der Waals surface area contributed by atoms with Crippen molar-refractivity contribution in [2.45, 2.75) is 6.54 Å². The minimum atomic E-state index is -0.129. The molecule has 5 nitrogen and oxygen atoms in total. The number of ether oxygens (including phenoxy) is 2. The topological polar surface area (TPSA) is 51.9 Å². The Hall–Kier alpha value is -2.25. The number of hydrogen-bond donors (Lipinski definition) is 0. The third kappa shape index (κ3) is 3.32. The fraction of sp³-hybridized carbons (Fsp3) is 0.176. The number of carbonyl (C=O) groups is 1. The van der Waals surface area contributed by atoms with Gasteiger partial charge in [-0.2, -0.15) is 0 Å². The Morgan fingerprint density at radius 3 is 2.71 bits per heavy atom. The maximum Gasteiger partial charge on any atom is 0.266 e. The lowest BCUT2D eigenvalue weighted by Crippen LogP contribution is -2.27. The summed E-state index contributed by atoms with van der Waals surface area (Å²) in [5, 5.41) is 0. The Balaban J connectivity index is 1.83. The number of amides is 1. The zero-order valence-corrected chi connectivity index (χ0v) is 14.8. The van der Waals surface area contributed by atoms with Gasteiger partial charge in [0.2, 0.25) is 0 Å². The first-order valence-corrected chi connectivity index (χ1v) is 8.34. The van der Waals surface area contributed by atoms with Crippen molar-refractivity contribution >= 4 is 40.3 Å². The first-order valence-electron chi connectivity index (χ1n) is 7.12. The summed E-state index contributed by atoms with van der Waals surface area (Å²) >= 11 is 6.59. The highest BCUT2D eigenvalue weighted by atomic mass is 32.2. The molecule has 7 heteroatoms. The van der Waals surface area contributed by atoms with Crippen molar-refractivity contribution in [3.05, 3.63) is 52.8 Å². The SMILES string of the molecule is COc1ccc(C=C2SC(=S)N(Cc3ccco3)C2=O)cc1OC. The molecule has 1 aliphatic rings. The second-order valence-electron chi connectivity index (χ2n) is 4.96. The molecule has 0 N–H and O–H groups in total. The highest BCUT2D eigenvalue weighted by Gasteiger charge is 2.32. The zero-order chi connectivity index (χ0) is 17.1. The first-order chi connectivity index (χ1) is 11.6. The van der Waals surface area contributed by atoms with Crippen molar-refractivity contribution in [2.24, 2.45) is 0 Å². The summed E-state index contributed by atoms with van der Waals surface area (Å²) in [6.45, 7) is 0.334. The van der Waals surface area contributed by atoms with Gasteiger partial charge in [0.25, 0.3) is 5.91 Å². The molecule has 2 heterocycles. The van der Waals surface area contributed by atoms with E-state index in [2.05, 4.69) is 0 Å². The number of benzene rings is 1. The van der Waals surface area contributed by atoms with E-state index in [-0.39, 0.29) is 5.91 Å². The minimum absolute atomic E-state index is 0.129. The fourth-order valence-electron chi connectivity index (χ4n) is 2.29. The molecule has 0 spiro atoms. The van der Waals surface area contributed by atoms with Crippen LogP contribution in [0.25, 0.3) is 6.08 Å². The average molecular weight is 361 g/mol. The number of furan rings is 1. The van der Waals surface area contributed by atoms with E-state index in [1.807, 2.05) is 18.2 Å². The smallest absolute Gasteiger partial charge is 0.266 e. The highest BCUT2D eigenvalue weighted by molar-refractivity contribution is 8.26. The molecule has 1 amide bonds. The van der Waals surface area contributed by atoms with Crippen molar-refractivity contribution in [2.75, 3.05) is 14.2 Å². The summed E-state index contributed by atoms with van der Waals surface area (Å²) in [7, 11) is 3.15. The van der Waals surface area contributed by atoms with E-state index < -0.39 is 0 Å². The fourth-order valence-corrected chi connectivity index (χ4v) is 3.54. The van der Waals surface area contributed by atoms with E-state index in [4.69, 9.17) is 26.1 Å². The molecule has 0 bridgehead atoms. The lowest BCUT2D eigenvalue weighted by atomic mass is 10.2. The highest BCUT2D eigenvalue weighted by Crippen LogP contribution is 2.35. The predicted octanol–water partition coefficient (Wildman–Crippen LogP) is 3.70. The zero-order valence-electron chi connectivity index (χ0n) is 13.1. The summed E-state index contributed by atoms with van der Waals surface area (Å²) in [6, 6.07) is 9.08. The molecule has 0 aliphatic carbocycles. The van der Waals surface area contributed by atoms with Crippen LogP contribution in [-0.2, 0) is 11.3 Å². The number of hydrogen-bond acceptors (Lipinski definition) is 6. The van der Waals surface area contributed by atoms with Crippen molar-refractivity contribution in [3.8, 4) is 11.5 Å². The van der Waals surface area contributed by atoms with Crippen LogP contribution in [0.5, 0.6) is 11.5 Å². The van der Waals surface area contributed by atoms with Crippen LogP contribution in [0.15, 0.2) is 45.9 Å². The summed E-state index contributed by atoms with van der Waals surface area (Å²) in [6.07, 6.45) is 3.37. The Morgan fingerprint density at radius 2 is 2.04 bits per heavy atom. The van der Waals surface area contributed by atoms with E-state index in [1.54, 1.807) is 38.7 Å². The van der Waals surface area contributed by atoms with Gasteiger partial charge in [0.1, 0.15) is 10.1 Å². The van der Waals surface area contributed by atoms with Gasteiger partial charge in [-0.25, -0.2) is 0 Å². The molecule has 0 saturated carbocycles. The number of nitrogens with zero attached hydrogens (tertiary/aromatic N) is 1. The van der Waals surface area contributed by atoms with Gasteiger partial charge in [-0.1, -0.05) is 30.0 Å². The van der Waals surface area contributed by atoms with Gasteiger partial charge in [0.15, 0.2) is 11.5 Å². The predicted molar refractivity (Wildman–Crippen MR) is 97.0 cm³/mol. The van der Waals surface area contributed by atoms with E-state index in [0.29, 0.717) is 33.0 Å². The van der Waals surface area contributed by atoms with Crippen LogP contribution in [0, 0.1) is 0 Å². The quantitative estimate of drug-likeness (QED) is 0.598. The second kappa shape index (κ2) is 7.11. The Labute approximate surface area is 149 Å². The molecule has 1 aromatic carbocycles. The monoisotopic (exact) mass is 361 g/mol. The molecular formula is C17H15NO4S2. The maximum atomic E-state index is 12.6. The number of rotatable bonds is 5. The molecule has 124 valence electrons. The van der Waals surface area contributed by atoms with Crippen LogP contribution in [-0.4, -0.2) is 29.3 Å². The maximum absolute atomic E-state index is 12.6. The normalized spacial score (nSPS) is 16.1. The lowest BCUT2D eigenvalue weighted by Gasteiger charge is -2.12. The van der Waals surface area contributed by atoms with Crippen LogP contribution in [0.4, 0.5) is 0 Å². The van der Waals surface area contributed by atoms with Crippen LogP contribution in [0.1, 0.15) is 11.3 Å². The van der Waals surface area contributed by atoms with Crippen molar-refractivity contribution in [3.63, 3.8) is 0 Å². The number of methoxy groups -OCH3 is 2. The van der Waals surface area contributed by atoms with Crippen LogP contribution in [0.2, 0.25) is 0 Å². The molecule has 1 aromatic heterocycles. The summed E-state index contributed by atoms with van der Waals surface area (Å²) < 4.78 is 16.3. The molecule has 1 aliphatic heterocycles. The van der Waals surface area contributed by atoms with Gasteiger partial charge in [-0.3, -0.25) is 9.69 Å². The van der Waals surface area contributed by atoms with Gasteiger partial charge >= 0.3 is 0 Å². The van der Waals surface area contributed by atoms with Crippen LogP contribution < -0.4 is 9.47 Å². The Bertz CT molecular complexity index is 799. The van der Waals surface area contributed by atoms with Crippen molar-refractivity contribution < 1.29 is 18.7 Å². The Kier molecular flexibility index (Phi) is 4.92. The number of carbonyl (C=O) groups excluding carboxylic acids is 1. The standard InChI is InChI=1S/C17H15NO4S2/c1-20-13-6-5-11(8-14(13)21-2)9-15-16(19)18(17(23)24-15)10-12-4-3-7-22-12/h3-9H,10H2,1-2H3. The van der Waals surface area contributed by atoms with Crippen LogP contribution >= 0.6 is 24.0 Å². The number of thioether (sulfide) groups is 1. The molecule has 24 heavy (non-hydrogen) atoms.